The van der Waals surface area contributed by atoms with Crippen molar-refractivity contribution in [3.8, 4) is 0 Å². The van der Waals surface area contributed by atoms with Crippen molar-refractivity contribution in [2.24, 2.45) is 5.92 Å². The number of hydrogen-bond acceptors (Lipinski definition) is 3. The van der Waals surface area contributed by atoms with Crippen LogP contribution in [0.15, 0.2) is 17.0 Å². The van der Waals surface area contributed by atoms with E-state index in [1.54, 1.807) is 0 Å². The summed E-state index contributed by atoms with van der Waals surface area (Å²) in [5.41, 5.74) is -0.265. The third-order valence-corrected chi connectivity index (χ3v) is 4.18. The molecule has 0 aliphatic rings. The van der Waals surface area contributed by atoms with Crippen LogP contribution in [0.5, 0.6) is 0 Å². The number of nitro benzene ring substituents is 1. The first-order valence-corrected chi connectivity index (χ1v) is 6.67. The van der Waals surface area contributed by atoms with Gasteiger partial charge in [0.15, 0.2) is 0 Å². The van der Waals surface area contributed by atoms with Crippen LogP contribution in [-0.4, -0.2) is 16.6 Å². The van der Waals surface area contributed by atoms with E-state index in [0.29, 0.717) is 16.5 Å². The summed E-state index contributed by atoms with van der Waals surface area (Å²) in [5.74, 6) is 0.514. The summed E-state index contributed by atoms with van der Waals surface area (Å²) in [6.45, 7) is 1.93. The standard InChI is InChI=1S/C10H10Cl2FNO2S/c1-6(4-11)5-17-10-2-7(12)8(13)3-9(10)14(15)16/h2-3,6H,4-5H2,1H3. The zero-order valence-electron chi connectivity index (χ0n) is 8.95. The molecule has 0 saturated heterocycles. The van der Waals surface area contributed by atoms with Gasteiger partial charge in [0.1, 0.15) is 5.82 Å². The maximum Gasteiger partial charge on any atom is 0.285 e. The van der Waals surface area contributed by atoms with Crippen molar-refractivity contribution in [1.29, 1.82) is 0 Å². The predicted molar refractivity (Wildman–Crippen MR) is 68.7 cm³/mol. The quantitative estimate of drug-likeness (QED) is 0.351. The van der Waals surface area contributed by atoms with Crippen molar-refractivity contribution in [3.05, 3.63) is 33.1 Å². The molecule has 0 bridgehead atoms. The van der Waals surface area contributed by atoms with Gasteiger partial charge in [-0.1, -0.05) is 18.5 Å². The molecule has 1 aromatic carbocycles. The van der Waals surface area contributed by atoms with Crippen LogP contribution in [0.1, 0.15) is 6.92 Å². The van der Waals surface area contributed by atoms with E-state index in [4.69, 9.17) is 23.2 Å². The molecular formula is C10H10Cl2FNO2S. The first-order valence-electron chi connectivity index (χ1n) is 4.78. The molecule has 7 heteroatoms. The second kappa shape index (κ2) is 6.42. The van der Waals surface area contributed by atoms with Gasteiger partial charge in [-0.25, -0.2) is 4.39 Å². The van der Waals surface area contributed by atoms with E-state index >= 15 is 0 Å². The van der Waals surface area contributed by atoms with Gasteiger partial charge in [0.25, 0.3) is 5.69 Å². The van der Waals surface area contributed by atoms with Crippen LogP contribution in [0.25, 0.3) is 0 Å². The Balaban J connectivity index is 2.96. The second-order valence-electron chi connectivity index (χ2n) is 3.56. The van der Waals surface area contributed by atoms with Gasteiger partial charge in [-0.2, -0.15) is 0 Å². The third-order valence-electron chi connectivity index (χ3n) is 1.99. The Kier molecular flexibility index (Phi) is 5.49. The molecule has 0 radical (unpaired) electrons. The minimum absolute atomic E-state index is 0.114. The van der Waals surface area contributed by atoms with Crippen molar-refractivity contribution >= 4 is 40.7 Å². The second-order valence-corrected chi connectivity index (χ2v) is 5.34. The maximum atomic E-state index is 13.1. The average Bonchev–Trinajstić information content (AvgIpc) is 2.29. The highest BCUT2D eigenvalue weighted by atomic mass is 35.5. The molecular weight excluding hydrogens is 288 g/mol. The number of nitro groups is 1. The highest BCUT2D eigenvalue weighted by Crippen LogP contribution is 2.34. The molecule has 0 amide bonds. The van der Waals surface area contributed by atoms with Crippen molar-refractivity contribution in [2.75, 3.05) is 11.6 Å². The molecule has 0 N–H and O–H groups in total. The van der Waals surface area contributed by atoms with Gasteiger partial charge in [0, 0.05) is 11.6 Å². The summed E-state index contributed by atoms with van der Waals surface area (Å²) in [5, 5.41) is 10.6. The molecule has 0 heterocycles. The van der Waals surface area contributed by atoms with Gasteiger partial charge in [-0.05, 0) is 12.0 Å². The predicted octanol–water partition coefficient (Wildman–Crippen LogP) is 4.35. The molecule has 0 fully saturated rings. The minimum Gasteiger partial charge on any atom is -0.258 e. The number of thioether (sulfide) groups is 1. The summed E-state index contributed by atoms with van der Waals surface area (Å²) >= 11 is 12.5. The highest BCUT2D eigenvalue weighted by molar-refractivity contribution is 7.99. The Labute approximate surface area is 112 Å². The molecule has 0 aromatic heterocycles. The zero-order chi connectivity index (χ0) is 13.0. The third kappa shape index (κ3) is 4.01. The molecule has 0 aliphatic heterocycles. The Morgan fingerprint density at radius 3 is 2.76 bits per heavy atom. The van der Waals surface area contributed by atoms with Gasteiger partial charge in [-0.3, -0.25) is 10.1 Å². The lowest BCUT2D eigenvalue weighted by Gasteiger charge is -2.07. The Morgan fingerprint density at radius 1 is 1.59 bits per heavy atom. The van der Waals surface area contributed by atoms with Gasteiger partial charge < -0.3 is 0 Å². The van der Waals surface area contributed by atoms with E-state index in [1.807, 2.05) is 6.92 Å². The van der Waals surface area contributed by atoms with E-state index in [-0.39, 0.29) is 16.6 Å². The SMILES string of the molecule is CC(CCl)CSc1cc(Cl)c(F)cc1[N+](=O)[O-]. The molecule has 3 nitrogen and oxygen atoms in total. The number of hydrogen-bond donors (Lipinski definition) is 0. The first kappa shape index (κ1) is 14.5. The summed E-state index contributed by atoms with van der Waals surface area (Å²) in [6.07, 6.45) is 0. The molecule has 1 aromatic rings. The van der Waals surface area contributed by atoms with Gasteiger partial charge >= 0.3 is 0 Å². The van der Waals surface area contributed by atoms with Crippen LogP contribution in [0, 0.1) is 21.8 Å². The average molecular weight is 298 g/mol. The fraction of sp³-hybridized carbons (Fsp3) is 0.400. The van der Waals surface area contributed by atoms with Gasteiger partial charge in [0.05, 0.1) is 20.9 Å². The van der Waals surface area contributed by atoms with Crippen LogP contribution in [0.2, 0.25) is 5.02 Å². The molecule has 1 unspecified atom stereocenters. The van der Waals surface area contributed by atoms with Crippen LogP contribution in [-0.2, 0) is 0 Å². The van der Waals surface area contributed by atoms with E-state index in [2.05, 4.69) is 0 Å². The minimum atomic E-state index is -0.784. The van der Waals surface area contributed by atoms with Crippen LogP contribution < -0.4 is 0 Å². The maximum absolute atomic E-state index is 13.1. The first-order chi connectivity index (χ1) is 7.95. The van der Waals surface area contributed by atoms with Gasteiger partial charge in [-0.15, -0.1) is 23.4 Å². The van der Waals surface area contributed by atoms with Crippen LogP contribution >= 0.6 is 35.0 Å². The van der Waals surface area contributed by atoms with Crippen molar-refractivity contribution in [2.45, 2.75) is 11.8 Å². The van der Waals surface area contributed by atoms with Crippen LogP contribution in [0.3, 0.4) is 0 Å². The summed E-state index contributed by atoms with van der Waals surface area (Å²) in [7, 11) is 0. The lowest BCUT2D eigenvalue weighted by molar-refractivity contribution is -0.387. The topological polar surface area (TPSA) is 43.1 Å². The van der Waals surface area contributed by atoms with Crippen molar-refractivity contribution in [1.82, 2.24) is 0 Å². The number of benzene rings is 1. The summed E-state index contributed by atoms with van der Waals surface area (Å²) in [4.78, 5) is 10.5. The largest absolute Gasteiger partial charge is 0.285 e. The van der Waals surface area contributed by atoms with Crippen LogP contribution in [0.4, 0.5) is 10.1 Å². The molecule has 1 rings (SSSR count). The van der Waals surface area contributed by atoms with E-state index in [9.17, 15) is 14.5 Å². The molecule has 0 saturated carbocycles. The van der Waals surface area contributed by atoms with E-state index in [0.717, 1.165) is 6.07 Å². The molecule has 17 heavy (non-hydrogen) atoms. The smallest absolute Gasteiger partial charge is 0.258 e. The summed E-state index contributed by atoms with van der Waals surface area (Å²) < 4.78 is 13.1. The number of alkyl halides is 1. The fourth-order valence-electron chi connectivity index (χ4n) is 1.05. The molecule has 0 spiro atoms. The zero-order valence-corrected chi connectivity index (χ0v) is 11.3. The normalized spacial score (nSPS) is 12.5. The lowest BCUT2D eigenvalue weighted by Crippen LogP contribution is -2.00. The Hall–Kier alpha value is -0.520. The number of halogens is 3. The summed E-state index contributed by atoms with van der Waals surface area (Å²) in [6, 6.07) is 2.12. The Bertz CT molecular complexity index is 431. The van der Waals surface area contributed by atoms with Crippen molar-refractivity contribution < 1.29 is 9.31 Å². The monoisotopic (exact) mass is 297 g/mol. The van der Waals surface area contributed by atoms with Gasteiger partial charge in [0.2, 0.25) is 0 Å². The molecule has 1 atom stereocenters. The number of nitrogens with zero attached hydrogens (tertiary/aromatic N) is 1. The van der Waals surface area contributed by atoms with E-state index in [1.165, 1.54) is 17.8 Å². The molecule has 0 aliphatic carbocycles. The molecule has 94 valence electrons. The van der Waals surface area contributed by atoms with E-state index < -0.39 is 10.7 Å². The fourth-order valence-corrected chi connectivity index (χ4v) is 2.58. The van der Waals surface area contributed by atoms with Crippen molar-refractivity contribution in [3.63, 3.8) is 0 Å². The lowest BCUT2D eigenvalue weighted by atomic mass is 10.3. The highest BCUT2D eigenvalue weighted by Gasteiger charge is 2.18. The Morgan fingerprint density at radius 2 is 2.24 bits per heavy atom. The number of rotatable bonds is 5.